The van der Waals surface area contributed by atoms with Gasteiger partial charge in [-0.05, 0) is 18.2 Å². The van der Waals surface area contributed by atoms with E-state index in [0.717, 1.165) is 11.3 Å². The summed E-state index contributed by atoms with van der Waals surface area (Å²) in [5, 5.41) is 5.22. The number of hydrogen-bond acceptors (Lipinski definition) is 5. The van der Waals surface area contributed by atoms with Crippen molar-refractivity contribution in [2.24, 2.45) is 0 Å². The molecule has 6 heteroatoms. The number of furan rings is 1. The smallest absolute Gasteiger partial charge is 0.267 e. The molecule has 2 aromatic heterocycles. The Labute approximate surface area is 136 Å². The highest BCUT2D eigenvalue weighted by Gasteiger charge is 2.36. The Balaban J connectivity index is 1.49. The lowest BCUT2D eigenvalue weighted by molar-refractivity contribution is -0.122. The van der Waals surface area contributed by atoms with Crippen molar-refractivity contribution in [1.82, 2.24) is 4.98 Å². The van der Waals surface area contributed by atoms with Crippen LogP contribution in [-0.4, -0.2) is 17.0 Å². The van der Waals surface area contributed by atoms with Gasteiger partial charge in [0, 0.05) is 16.9 Å². The highest BCUT2D eigenvalue weighted by atomic mass is 32.1. The zero-order valence-corrected chi connectivity index (χ0v) is 13.2. The monoisotopic (exact) mass is 326 g/mol. The van der Waals surface area contributed by atoms with Gasteiger partial charge < -0.3 is 9.15 Å². The molecule has 1 aliphatic heterocycles. The minimum atomic E-state index is -0.539. The molecule has 1 N–H and O–H groups in total. The van der Waals surface area contributed by atoms with E-state index in [9.17, 15) is 4.79 Å². The van der Waals surface area contributed by atoms with Gasteiger partial charge >= 0.3 is 0 Å². The number of anilines is 1. The van der Waals surface area contributed by atoms with E-state index in [2.05, 4.69) is 10.3 Å². The van der Waals surface area contributed by atoms with Gasteiger partial charge in [0.05, 0.1) is 6.26 Å². The van der Waals surface area contributed by atoms with E-state index in [1.54, 1.807) is 12.3 Å². The van der Waals surface area contributed by atoms with E-state index in [1.165, 1.54) is 11.3 Å². The average molecular weight is 326 g/mol. The number of carbonyl (C=O) groups is 1. The molecule has 0 fully saturated rings. The number of fused-ring (bicyclic) bond motifs is 1. The second kappa shape index (κ2) is 5.55. The Bertz CT molecular complexity index is 841. The van der Waals surface area contributed by atoms with Crippen LogP contribution in [0.3, 0.4) is 0 Å². The standard InChI is InChI=1S/C17H14N2O3S/c1-10-11-5-2-3-6-13(11)22-15(10)16(20)19-17-18-12(9-23-17)14-7-4-8-21-14/h2-10,15H,1H3,(H,18,19,20)/t10-,15-/m0/s1. The molecule has 1 aliphatic rings. The summed E-state index contributed by atoms with van der Waals surface area (Å²) in [5.41, 5.74) is 1.77. The summed E-state index contributed by atoms with van der Waals surface area (Å²) in [6.45, 7) is 1.99. The van der Waals surface area contributed by atoms with Crippen molar-refractivity contribution >= 4 is 22.4 Å². The number of ether oxygens (including phenoxy) is 1. The molecule has 5 nitrogen and oxygen atoms in total. The highest BCUT2D eigenvalue weighted by Crippen LogP contribution is 2.38. The summed E-state index contributed by atoms with van der Waals surface area (Å²) >= 11 is 1.36. The maximum Gasteiger partial charge on any atom is 0.267 e. The number of thiazole rings is 1. The fourth-order valence-electron chi connectivity index (χ4n) is 2.69. The lowest BCUT2D eigenvalue weighted by Crippen LogP contribution is -2.33. The van der Waals surface area contributed by atoms with Crippen LogP contribution in [0.25, 0.3) is 11.5 Å². The number of amides is 1. The Kier molecular flexibility index (Phi) is 3.38. The van der Waals surface area contributed by atoms with Crippen LogP contribution in [0.15, 0.2) is 52.5 Å². The largest absolute Gasteiger partial charge is 0.480 e. The highest BCUT2D eigenvalue weighted by molar-refractivity contribution is 7.14. The van der Waals surface area contributed by atoms with Crippen molar-refractivity contribution < 1.29 is 13.9 Å². The fourth-order valence-corrected chi connectivity index (χ4v) is 3.39. The first-order valence-electron chi connectivity index (χ1n) is 7.28. The summed E-state index contributed by atoms with van der Waals surface area (Å²) in [5.74, 6) is 1.28. The molecule has 0 bridgehead atoms. The van der Waals surface area contributed by atoms with E-state index in [-0.39, 0.29) is 11.8 Å². The van der Waals surface area contributed by atoms with Gasteiger partial charge in [-0.3, -0.25) is 10.1 Å². The molecule has 0 saturated carbocycles. The third-order valence-electron chi connectivity index (χ3n) is 3.88. The second-order valence-electron chi connectivity index (χ2n) is 5.37. The lowest BCUT2D eigenvalue weighted by atomic mass is 9.97. The summed E-state index contributed by atoms with van der Waals surface area (Å²) in [7, 11) is 0. The molecule has 0 spiro atoms. The van der Waals surface area contributed by atoms with Crippen LogP contribution in [0.4, 0.5) is 5.13 Å². The Hall–Kier alpha value is -2.60. The fraction of sp³-hybridized carbons (Fsp3) is 0.176. The molecule has 1 amide bonds. The number of carbonyl (C=O) groups excluding carboxylic acids is 1. The maximum absolute atomic E-state index is 12.5. The molecule has 0 unspecified atom stereocenters. The quantitative estimate of drug-likeness (QED) is 0.792. The number of rotatable bonds is 3. The summed E-state index contributed by atoms with van der Waals surface area (Å²) in [6, 6.07) is 11.4. The molecule has 3 aromatic rings. The molecule has 0 radical (unpaired) electrons. The van der Waals surface area contributed by atoms with Crippen LogP contribution in [-0.2, 0) is 4.79 Å². The predicted octanol–water partition coefficient (Wildman–Crippen LogP) is 3.91. The van der Waals surface area contributed by atoms with Gasteiger partial charge in [0.1, 0.15) is 11.4 Å². The van der Waals surface area contributed by atoms with Crippen LogP contribution in [0.2, 0.25) is 0 Å². The van der Waals surface area contributed by atoms with Crippen LogP contribution < -0.4 is 10.1 Å². The molecular weight excluding hydrogens is 312 g/mol. The predicted molar refractivity (Wildman–Crippen MR) is 87.7 cm³/mol. The van der Waals surface area contributed by atoms with Gasteiger partial charge in [0.15, 0.2) is 17.0 Å². The van der Waals surface area contributed by atoms with Crippen LogP contribution in [0.1, 0.15) is 18.4 Å². The molecule has 0 aliphatic carbocycles. The van der Waals surface area contributed by atoms with Gasteiger partial charge in [-0.15, -0.1) is 11.3 Å². The number of aromatic nitrogens is 1. The zero-order chi connectivity index (χ0) is 15.8. The summed E-state index contributed by atoms with van der Waals surface area (Å²) in [4.78, 5) is 16.9. The average Bonchev–Trinajstić information content (AvgIpc) is 3.27. The lowest BCUT2D eigenvalue weighted by Gasteiger charge is -2.13. The SMILES string of the molecule is C[C@H]1c2ccccc2O[C@@H]1C(=O)Nc1nc(-c2ccco2)cs1. The van der Waals surface area contributed by atoms with Crippen molar-refractivity contribution in [1.29, 1.82) is 0 Å². The molecule has 23 heavy (non-hydrogen) atoms. The Morgan fingerprint density at radius 1 is 1.26 bits per heavy atom. The molecule has 1 aromatic carbocycles. The van der Waals surface area contributed by atoms with Crippen LogP contribution in [0.5, 0.6) is 5.75 Å². The first-order valence-corrected chi connectivity index (χ1v) is 8.16. The van der Waals surface area contributed by atoms with E-state index >= 15 is 0 Å². The minimum Gasteiger partial charge on any atom is -0.480 e. The molecule has 3 heterocycles. The van der Waals surface area contributed by atoms with Gasteiger partial charge in [0.25, 0.3) is 5.91 Å². The van der Waals surface area contributed by atoms with E-state index < -0.39 is 6.10 Å². The molecule has 4 rings (SSSR count). The van der Waals surface area contributed by atoms with E-state index in [0.29, 0.717) is 16.6 Å². The third kappa shape index (κ3) is 2.51. The summed E-state index contributed by atoms with van der Waals surface area (Å²) in [6.07, 6.45) is 1.06. The van der Waals surface area contributed by atoms with Gasteiger partial charge in [-0.2, -0.15) is 0 Å². The number of hydrogen-bond donors (Lipinski definition) is 1. The van der Waals surface area contributed by atoms with Crippen LogP contribution in [0, 0.1) is 0 Å². The van der Waals surface area contributed by atoms with Crippen molar-refractivity contribution in [3.63, 3.8) is 0 Å². The number of benzene rings is 1. The van der Waals surface area contributed by atoms with Crippen molar-refractivity contribution in [2.75, 3.05) is 5.32 Å². The zero-order valence-electron chi connectivity index (χ0n) is 12.4. The Morgan fingerprint density at radius 2 is 2.13 bits per heavy atom. The topological polar surface area (TPSA) is 64.4 Å². The van der Waals surface area contributed by atoms with Gasteiger partial charge in [-0.25, -0.2) is 4.98 Å². The first-order chi connectivity index (χ1) is 11.2. The van der Waals surface area contributed by atoms with Gasteiger partial charge in [0.2, 0.25) is 0 Å². The Morgan fingerprint density at radius 3 is 2.91 bits per heavy atom. The molecule has 0 saturated heterocycles. The van der Waals surface area contributed by atoms with E-state index in [4.69, 9.17) is 9.15 Å². The van der Waals surface area contributed by atoms with Crippen molar-refractivity contribution in [3.8, 4) is 17.2 Å². The van der Waals surface area contributed by atoms with E-state index in [1.807, 2.05) is 42.6 Å². The van der Waals surface area contributed by atoms with Crippen LogP contribution >= 0.6 is 11.3 Å². The molecule has 116 valence electrons. The molecule has 2 atom stereocenters. The van der Waals surface area contributed by atoms with Crippen molar-refractivity contribution in [3.05, 3.63) is 53.6 Å². The number of nitrogens with one attached hydrogen (secondary N) is 1. The third-order valence-corrected chi connectivity index (χ3v) is 4.64. The maximum atomic E-state index is 12.5. The van der Waals surface area contributed by atoms with Crippen molar-refractivity contribution in [2.45, 2.75) is 18.9 Å². The first kappa shape index (κ1) is 14.0. The minimum absolute atomic E-state index is 0.00991. The normalized spacial score (nSPS) is 19.2. The summed E-state index contributed by atoms with van der Waals surface area (Å²) < 4.78 is 11.1. The second-order valence-corrected chi connectivity index (χ2v) is 6.23. The number of para-hydroxylation sites is 1. The molecular formula is C17H14N2O3S. The number of nitrogens with zero attached hydrogens (tertiary/aromatic N) is 1. The van der Waals surface area contributed by atoms with Gasteiger partial charge in [-0.1, -0.05) is 25.1 Å².